The van der Waals surface area contributed by atoms with Crippen molar-refractivity contribution in [2.24, 2.45) is 4.99 Å². The van der Waals surface area contributed by atoms with Crippen molar-refractivity contribution in [1.29, 1.82) is 0 Å². The quantitative estimate of drug-likeness (QED) is 0.608. The Hall–Kier alpha value is -2.82. The number of nitrogens with zero attached hydrogens (tertiary/aromatic N) is 2. The Morgan fingerprint density at radius 2 is 1.75 bits per heavy atom. The van der Waals surface area contributed by atoms with Gasteiger partial charge in [0, 0.05) is 11.8 Å². The first kappa shape index (κ1) is 14.8. The van der Waals surface area contributed by atoms with E-state index in [1.54, 1.807) is 6.07 Å². The predicted molar refractivity (Wildman–Crippen MR) is 86.6 cm³/mol. The fourth-order valence-corrected chi connectivity index (χ4v) is 2.99. The molecule has 0 amide bonds. The molecule has 0 aliphatic carbocycles. The Morgan fingerprint density at radius 1 is 0.917 bits per heavy atom. The highest BCUT2D eigenvalue weighted by atomic mass is 19.4. The molecular weight excluding hydrogens is 313 g/mol. The molecule has 120 valence electrons. The van der Waals surface area contributed by atoms with Gasteiger partial charge in [-0.25, -0.2) is 0 Å². The van der Waals surface area contributed by atoms with Gasteiger partial charge >= 0.3 is 6.18 Å². The van der Waals surface area contributed by atoms with Crippen LogP contribution in [0.1, 0.15) is 22.4 Å². The lowest BCUT2D eigenvalue weighted by Crippen LogP contribution is -2.11. The lowest BCUT2D eigenvalue weighted by atomic mass is 10.0. The molecule has 0 N–H and O–H groups in total. The lowest BCUT2D eigenvalue weighted by Gasteiger charge is -2.12. The first-order valence-electron chi connectivity index (χ1n) is 7.52. The van der Waals surface area contributed by atoms with Crippen LogP contribution < -0.4 is 0 Å². The van der Waals surface area contributed by atoms with Crippen LogP contribution in [0, 0.1) is 0 Å². The Morgan fingerprint density at radius 3 is 2.58 bits per heavy atom. The number of alkyl halides is 3. The van der Waals surface area contributed by atoms with Crippen LogP contribution in [-0.2, 0) is 12.7 Å². The summed E-state index contributed by atoms with van der Waals surface area (Å²) in [6.45, 7) is 0.434. The minimum Gasteiger partial charge on any atom is -0.315 e. The van der Waals surface area contributed by atoms with E-state index in [1.165, 1.54) is 6.07 Å². The van der Waals surface area contributed by atoms with E-state index in [-0.39, 0.29) is 0 Å². The molecule has 0 fully saturated rings. The van der Waals surface area contributed by atoms with E-state index in [0.717, 1.165) is 29.1 Å². The molecule has 1 aromatic heterocycles. The summed E-state index contributed by atoms with van der Waals surface area (Å²) in [5.74, 6) is 0. The summed E-state index contributed by atoms with van der Waals surface area (Å²) in [5, 5.41) is 0. The number of para-hydroxylation sites is 1. The molecular formula is C19H13F3N2. The van der Waals surface area contributed by atoms with E-state index in [9.17, 15) is 13.2 Å². The second kappa shape index (κ2) is 5.37. The first-order valence-corrected chi connectivity index (χ1v) is 7.52. The van der Waals surface area contributed by atoms with Crippen molar-refractivity contribution in [1.82, 2.24) is 4.57 Å². The Kier molecular flexibility index (Phi) is 3.30. The van der Waals surface area contributed by atoms with Crippen molar-refractivity contribution in [3.05, 3.63) is 89.2 Å². The van der Waals surface area contributed by atoms with Crippen molar-refractivity contribution < 1.29 is 13.2 Å². The van der Waals surface area contributed by atoms with Gasteiger partial charge in [0.2, 0.25) is 0 Å². The van der Waals surface area contributed by atoms with Crippen LogP contribution in [0.5, 0.6) is 0 Å². The predicted octanol–water partition coefficient (Wildman–Crippen LogP) is 4.85. The largest absolute Gasteiger partial charge is 0.416 e. The third kappa shape index (κ3) is 2.42. The summed E-state index contributed by atoms with van der Waals surface area (Å²) in [5.41, 5.74) is 3.21. The van der Waals surface area contributed by atoms with E-state index < -0.39 is 11.7 Å². The van der Waals surface area contributed by atoms with Gasteiger partial charge < -0.3 is 4.57 Å². The molecule has 24 heavy (non-hydrogen) atoms. The Labute approximate surface area is 136 Å². The zero-order valence-electron chi connectivity index (χ0n) is 12.6. The van der Waals surface area contributed by atoms with Crippen molar-refractivity contribution in [3.63, 3.8) is 0 Å². The highest BCUT2D eigenvalue weighted by Crippen LogP contribution is 2.31. The molecule has 0 spiro atoms. The summed E-state index contributed by atoms with van der Waals surface area (Å²) < 4.78 is 41.0. The zero-order valence-corrected chi connectivity index (χ0v) is 12.6. The second-order valence-electron chi connectivity index (χ2n) is 5.64. The highest BCUT2D eigenvalue weighted by molar-refractivity contribution is 6.12. The maximum Gasteiger partial charge on any atom is 0.416 e. The standard InChI is InChI=1S/C19H13F3N2/c20-19(21,22)15-7-3-6-13(11-15)18-17-9-4-10-24(17)16-8-2-1-5-14(16)12-23-18/h1-11H,12H2. The Bertz CT molecular complexity index is 936. The van der Waals surface area contributed by atoms with Crippen LogP contribution in [0.4, 0.5) is 13.2 Å². The van der Waals surface area contributed by atoms with Crippen molar-refractivity contribution in [2.75, 3.05) is 0 Å². The molecule has 2 nitrogen and oxygen atoms in total. The average Bonchev–Trinajstić information content (AvgIpc) is 2.99. The van der Waals surface area contributed by atoms with Gasteiger partial charge in [0.15, 0.2) is 0 Å². The Balaban J connectivity index is 1.88. The van der Waals surface area contributed by atoms with E-state index in [1.807, 2.05) is 47.2 Å². The van der Waals surface area contributed by atoms with E-state index in [0.29, 0.717) is 17.8 Å². The molecule has 0 atom stereocenters. The van der Waals surface area contributed by atoms with E-state index >= 15 is 0 Å². The van der Waals surface area contributed by atoms with Crippen LogP contribution >= 0.6 is 0 Å². The zero-order chi connectivity index (χ0) is 16.7. The van der Waals surface area contributed by atoms with Gasteiger partial charge in [-0.15, -0.1) is 0 Å². The average molecular weight is 326 g/mol. The van der Waals surface area contributed by atoms with Gasteiger partial charge in [-0.2, -0.15) is 13.2 Å². The molecule has 2 aromatic carbocycles. The first-order chi connectivity index (χ1) is 11.5. The molecule has 4 rings (SSSR count). The van der Waals surface area contributed by atoms with Crippen LogP contribution in [0.25, 0.3) is 5.69 Å². The fourth-order valence-electron chi connectivity index (χ4n) is 2.99. The fraction of sp³-hybridized carbons (Fsp3) is 0.105. The van der Waals surface area contributed by atoms with Gasteiger partial charge in [-0.1, -0.05) is 30.3 Å². The summed E-state index contributed by atoms with van der Waals surface area (Å²) in [6, 6.07) is 16.9. The minimum absolute atomic E-state index is 0.434. The van der Waals surface area contributed by atoms with Crippen LogP contribution in [0.2, 0.25) is 0 Å². The summed E-state index contributed by atoms with van der Waals surface area (Å²) in [7, 11) is 0. The maximum atomic E-state index is 13.0. The van der Waals surface area contributed by atoms with E-state index in [2.05, 4.69) is 4.99 Å². The molecule has 1 aliphatic rings. The monoisotopic (exact) mass is 326 g/mol. The number of aliphatic imine (C=N–C) groups is 1. The molecule has 1 aliphatic heterocycles. The van der Waals surface area contributed by atoms with Crippen LogP contribution in [-0.4, -0.2) is 10.3 Å². The number of halogens is 3. The molecule has 0 saturated heterocycles. The van der Waals surface area contributed by atoms with E-state index in [4.69, 9.17) is 0 Å². The molecule has 3 aromatic rings. The summed E-state index contributed by atoms with van der Waals surface area (Å²) >= 11 is 0. The minimum atomic E-state index is -4.37. The van der Waals surface area contributed by atoms with Crippen LogP contribution in [0.3, 0.4) is 0 Å². The number of fused-ring (bicyclic) bond motifs is 3. The third-order valence-corrected chi connectivity index (χ3v) is 4.11. The van der Waals surface area contributed by atoms with Gasteiger partial charge in [-0.3, -0.25) is 4.99 Å². The number of rotatable bonds is 1. The van der Waals surface area contributed by atoms with Gasteiger partial charge in [0.05, 0.1) is 29.2 Å². The summed E-state index contributed by atoms with van der Waals surface area (Å²) in [4.78, 5) is 4.60. The number of hydrogen-bond donors (Lipinski definition) is 0. The molecule has 5 heteroatoms. The summed E-state index contributed by atoms with van der Waals surface area (Å²) in [6.07, 6.45) is -2.46. The highest BCUT2D eigenvalue weighted by Gasteiger charge is 2.31. The maximum absolute atomic E-state index is 13.0. The number of hydrogen-bond acceptors (Lipinski definition) is 1. The topological polar surface area (TPSA) is 17.3 Å². The van der Waals surface area contributed by atoms with Crippen molar-refractivity contribution >= 4 is 5.71 Å². The second-order valence-corrected chi connectivity index (χ2v) is 5.64. The SMILES string of the molecule is FC(F)(F)c1cccc(C2=NCc3ccccc3-n3cccc32)c1. The normalized spacial score (nSPS) is 13.7. The lowest BCUT2D eigenvalue weighted by molar-refractivity contribution is -0.137. The number of benzene rings is 2. The molecule has 2 heterocycles. The molecule has 0 unspecified atom stereocenters. The van der Waals surface area contributed by atoms with Crippen LogP contribution in [0.15, 0.2) is 71.9 Å². The number of aromatic nitrogens is 1. The van der Waals surface area contributed by atoms with Crippen molar-refractivity contribution in [3.8, 4) is 5.69 Å². The van der Waals surface area contributed by atoms with Crippen molar-refractivity contribution in [2.45, 2.75) is 12.7 Å². The smallest absolute Gasteiger partial charge is 0.315 e. The van der Waals surface area contributed by atoms with Gasteiger partial charge in [0.25, 0.3) is 0 Å². The molecule has 0 saturated carbocycles. The molecule has 0 bridgehead atoms. The van der Waals surface area contributed by atoms with Gasteiger partial charge in [0.1, 0.15) is 0 Å². The van der Waals surface area contributed by atoms with Gasteiger partial charge in [-0.05, 0) is 35.9 Å². The third-order valence-electron chi connectivity index (χ3n) is 4.11. The molecule has 0 radical (unpaired) electrons.